The van der Waals surface area contributed by atoms with Gasteiger partial charge in [-0.1, -0.05) is 19.8 Å². The Morgan fingerprint density at radius 1 is 1.41 bits per heavy atom. The smallest absolute Gasteiger partial charge is 0.272 e. The van der Waals surface area contributed by atoms with E-state index in [4.69, 9.17) is 4.74 Å². The van der Waals surface area contributed by atoms with Crippen molar-refractivity contribution in [3.8, 4) is 0 Å². The highest BCUT2D eigenvalue weighted by Crippen LogP contribution is 2.20. The van der Waals surface area contributed by atoms with E-state index < -0.39 is 0 Å². The number of methoxy groups -OCH3 is 1. The lowest BCUT2D eigenvalue weighted by atomic mass is 10.0. The van der Waals surface area contributed by atoms with Gasteiger partial charge in [0.1, 0.15) is 6.61 Å². The number of unbranched alkanes of at least 4 members (excludes halogenated alkanes) is 2. The van der Waals surface area contributed by atoms with Crippen LogP contribution in [0.15, 0.2) is 0 Å². The van der Waals surface area contributed by atoms with Gasteiger partial charge in [-0.15, -0.1) is 0 Å². The first kappa shape index (κ1) is 16.5. The van der Waals surface area contributed by atoms with Gasteiger partial charge in [0.05, 0.1) is 0 Å². The van der Waals surface area contributed by atoms with E-state index in [1.54, 1.807) is 4.90 Å². The van der Waals surface area contributed by atoms with Crippen LogP contribution in [-0.2, 0) is 22.5 Å². The predicted molar refractivity (Wildman–Crippen MR) is 81.4 cm³/mol. The summed E-state index contributed by atoms with van der Waals surface area (Å²) in [5, 5.41) is 9.94. The number of amides is 2. The Labute approximate surface area is 130 Å². The molecular formula is C15H24N4O3. The largest absolute Gasteiger partial charge is 0.375 e. The average Bonchev–Trinajstić information content (AvgIpc) is 2.94. The Hall–Kier alpha value is -1.89. The molecule has 2 heterocycles. The second kappa shape index (κ2) is 7.93. The van der Waals surface area contributed by atoms with E-state index >= 15 is 0 Å². The number of hydrogen-bond donors (Lipinski definition) is 2. The maximum absolute atomic E-state index is 12.2. The number of nitrogens with one attached hydrogen (secondary N) is 2. The molecule has 2 rings (SSSR count). The average molecular weight is 308 g/mol. The Morgan fingerprint density at radius 2 is 2.23 bits per heavy atom. The van der Waals surface area contributed by atoms with Crippen molar-refractivity contribution in [2.45, 2.75) is 39.2 Å². The summed E-state index contributed by atoms with van der Waals surface area (Å²) in [4.78, 5) is 25.8. The fraction of sp³-hybridized carbons (Fsp3) is 0.667. The van der Waals surface area contributed by atoms with Crippen molar-refractivity contribution in [1.29, 1.82) is 0 Å². The van der Waals surface area contributed by atoms with Crippen LogP contribution in [0.3, 0.4) is 0 Å². The van der Waals surface area contributed by atoms with Crippen LogP contribution in [0.1, 0.15) is 47.9 Å². The molecule has 122 valence electrons. The quantitative estimate of drug-likeness (QED) is 0.731. The van der Waals surface area contributed by atoms with Gasteiger partial charge < -0.3 is 15.0 Å². The number of aromatic nitrogens is 2. The van der Waals surface area contributed by atoms with Gasteiger partial charge in [-0.25, -0.2) is 0 Å². The minimum Gasteiger partial charge on any atom is -0.375 e. The molecule has 0 aliphatic carbocycles. The first-order valence-corrected chi connectivity index (χ1v) is 7.78. The maximum atomic E-state index is 12.2. The van der Waals surface area contributed by atoms with Crippen LogP contribution in [0.4, 0.5) is 0 Å². The van der Waals surface area contributed by atoms with Gasteiger partial charge in [-0.05, 0) is 6.42 Å². The molecule has 0 bridgehead atoms. The molecule has 7 heteroatoms. The van der Waals surface area contributed by atoms with Crippen LogP contribution < -0.4 is 5.32 Å². The van der Waals surface area contributed by atoms with Crippen molar-refractivity contribution in [2.24, 2.45) is 0 Å². The number of fused-ring (bicyclic) bond motifs is 1. The molecule has 1 aromatic rings. The highest BCUT2D eigenvalue weighted by Gasteiger charge is 2.27. The van der Waals surface area contributed by atoms with Gasteiger partial charge in [0.2, 0.25) is 5.91 Å². The fourth-order valence-electron chi connectivity index (χ4n) is 2.57. The van der Waals surface area contributed by atoms with Crippen molar-refractivity contribution in [2.75, 3.05) is 26.8 Å². The molecule has 1 aliphatic rings. The lowest BCUT2D eigenvalue weighted by Gasteiger charge is -2.26. The third kappa shape index (κ3) is 3.85. The van der Waals surface area contributed by atoms with Crippen molar-refractivity contribution < 1.29 is 14.3 Å². The molecule has 2 amide bonds. The second-order valence-electron chi connectivity index (χ2n) is 5.49. The number of rotatable bonds is 7. The van der Waals surface area contributed by atoms with Gasteiger partial charge >= 0.3 is 0 Å². The van der Waals surface area contributed by atoms with E-state index in [-0.39, 0.29) is 18.4 Å². The molecule has 1 aliphatic heterocycles. The summed E-state index contributed by atoms with van der Waals surface area (Å²) in [7, 11) is 1.50. The summed E-state index contributed by atoms with van der Waals surface area (Å²) < 4.78 is 4.89. The lowest BCUT2D eigenvalue weighted by molar-refractivity contribution is -0.136. The summed E-state index contributed by atoms with van der Waals surface area (Å²) in [6.45, 7) is 3.87. The second-order valence-corrected chi connectivity index (χ2v) is 5.49. The molecule has 7 nitrogen and oxygen atoms in total. The highest BCUT2D eigenvalue weighted by molar-refractivity contribution is 5.94. The summed E-state index contributed by atoms with van der Waals surface area (Å²) in [6, 6.07) is 0. The van der Waals surface area contributed by atoms with Crippen LogP contribution in [0.2, 0.25) is 0 Å². The molecule has 0 spiro atoms. The van der Waals surface area contributed by atoms with E-state index in [0.29, 0.717) is 31.7 Å². The third-order valence-electron chi connectivity index (χ3n) is 3.83. The van der Waals surface area contributed by atoms with Gasteiger partial charge in [-0.2, -0.15) is 5.10 Å². The number of H-pyrrole nitrogens is 1. The topological polar surface area (TPSA) is 87.3 Å². The summed E-state index contributed by atoms with van der Waals surface area (Å²) in [6.07, 6.45) is 3.86. The monoisotopic (exact) mass is 308 g/mol. The summed E-state index contributed by atoms with van der Waals surface area (Å²) in [5.74, 6) is -0.238. The number of hydrogen-bond acceptors (Lipinski definition) is 4. The number of carbonyl (C=O) groups excluding carboxylic acids is 2. The minimum atomic E-state index is -0.172. The van der Waals surface area contributed by atoms with Crippen LogP contribution in [0, 0.1) is 0 Å². The molecule has 0 atom stereocenters. The van der Waals surface area contributed by atoms with Crippen LogP contribution >= 0.6 is 0 Å². The summed E-state index contributed by atoms with van der Waals surface area (Å²) >= 11 is 0. The Morgan fingerprint density at radius 3 is 2.95 bits per heavy atom. The molecule has 0 aromatic carbocycles. The highest BCUT2D eigenvalue weighted by atomic mass is 16.5. The first-order chi connectivity index (χ1) is 10.7. The van der Waals surface area contributed by atoms with Gasteiger partial charge in [0.25, 0.3) is 5.91 Å². The zero-order valence-electron chi connectivity index (χ0n) is 13.3. The number of nitrogens with zero attached hydrogens (tertiary/aromatic N) is 2. The van der Waals surface area contributed by atoms with E-state index in [9.17, 15) is 9.59 Å². The van der Waals surface area contributed by atoms with Gasteiger partial charge in [-0.3, -0.25) is 14.7 Å². The Bertz CT molecular complexity index is 527. The normalized spacial score (nSPS) is 13.8. The van der Waals surface area contributed by atoms with Crippen molar-refractivity contribution in [3.63, 3.8) is 0 Å². The van der Waals surface area contributed by atoms with Gasteiger partial charge in [0, 0.05) is 44.4 Å². The SMILES string of the molecule is CCCCCNC(=O)c1n[nH]c2c1CN(C(=O)COC)CC2. The maximum Gasteiger partial charge on any atom is 0.272 e. The first-order valence-electron chi connectivity index (χ1n) is 7.78. The third-order valence-corrected chi connectivity index (χ3v) is 3.83. The summed E-state index contributed by atoms with van der Waals surface area (Å²) in [5.41, 5.74) is 2.17. The molecular weight excluding hydrogens is 284 g/mol. The molecule has 0 radical (unpaired) electrons. The molecule has 22 heavy (non-hydrogen) atoms. The molecule has 0 saturated carbocycles. The zero-order chi connectivity index (χ0) is 15.9. The van der Waals surface area contributed by atoms with Gasteiger partial charge in [0.15, 0.2) is 5.69 Å². The molecule has 2 N–H and O–H groups in total. The van der Waals surface area contributed by atoms with E-state index in [2.05, 4.69) is 22.4 Å². The van der Waals surface area contributed by atoms with Crippen LogP contribution in [-0.4, -0.2) is 53.7 Å². The van der Waals surface area contributed by atoms with E-state index in [1.165, 1.54) is 7.11 Å². The number of carbonyl (C=O) groups is 2. The lowest BCUT2D eigenvalue weighted by Crippen LogP contribution is -2.38. The number of aromatic amines is 1. The standard InChI is InChI=1S/C15H24N4O3/c1-3-4-5-7-16-15(21)14-11-9-19(13(20)10-22-2)8-6-12(11)17-18-14/h3-10H2,1-2H3,(H,16,21)(H,17,18). The van der Waals surface area contributed by atoms with Crippen molar-refractivity contribution in [3.05, 3.63) is 17.0 Å². The van der Waals surface area contributed by atoms with E-state index in [1.807, 2.05) is 0 Å². The van der Waals surface area contributed by atoms with Crippen molar-refractivity contribution >= 4 is 11.8 Å². The Kier molecular flexibility index (Phi) is 5.94. The van der Waals surface area contributed by atoms with Crippen LogP contribution in [0.25, 0.3) is 0 Å². The van der Waals surface area contributed by atoms with E-state index in [0.717, 1.165) is 30.5 Å². The molecule has 0 fully saturated rings. The minimum absolute atomic E-state index is 0.0612. The number of ether oxygens (including phenoxy) is 1. The molecule has 1 aromatic heterocycles. The Balaban J connectivity index is 2.00. The molecule has 0 unspecified atom stereocenters. The van der Waals surface area contributed by atoms with Crippen molar-refractivity contribution in [1.82, 2.24) is 20.4 Å². The predicted octanol–water partition coefficient (Wildman–Crippen LogP) is 0.861. The molecule has 0 saturated heterocycles. The fourth-order valence-corrected chi connectivity index (χ4v) is 2.57. The zero-order valence-corrected chi connectivity index (χ0v) is 13.3. The van der Waals surface area contributed by atoms with Crippen LogP contribution in [0.5, 0.6) is 0 Å².